The van der Waals surface area contributed by atoms with Crippen molar-refractivity contribution >= 4 is 17.5 Å². The van der Waals surface area contributed by atoms with E-state index in [1.807, 2.05) is 0 Å². The molecule has 3 N–H and O–H groups in total. The maximum Gasteiger partial charge on any atom is 0.266 e. The van der Waals surface area contributed by atoms with E-state index in [1.165, 1.54) is 0 Å². The molecule has 0 aromatic heterocycles. The number of azide groups is 1. The van der Waals surface area contributed by atoms with Crippen LogP contribution in [0.1, 0.15) is 36.5 Å². The molecule has 0 saturated heterocycles. The number of hydrogen-bond acceptors (Lipinski definition) is 8. The quantitative estimate of drug-likeness (QED) is 0.0830. The second-order valence-corrected chi connectivity index (χ2v) is 8.26. The first-order chi connectivity index (χ1) is 18.1. The van der Waals surface area contributed by atoms with Crippen molar-refractivity contribution in [3.05, 3.63) is 82.8 Å². The number of hydrazine groups is 1. The van der Waals surface area contributed by atoms with Gasteiger partial charge in [0.25, 0.3) is 5.91 Å². The first kappa shape index (κ1) is 27.7. The molecule has 0 radical (unpaired) electrons. The number of methoxy groups -OCH3 is 1. The van der Waals surface area contributed by atoms with E-state index in [0.29, 0.717) is 55.2 Å². The van der Waals surface area contributed by atoms with E-state index >= 15 is 0 Å². The SMILES string of the molecule is C=CC[C@]1(C(=O)NNCCCOC)N=C(c2ccc(OCCCO)cc2)O[C@H]1c1ccccc1N=[N+]=[N-]. The van der Waals surface area contributed by atoms with Crippen LogP contribution < -0.4 is 15.6 Å². The topological polar surface area (TPSA) is 150 Å². The summed E-state index contributed by atoms with van der Waals surface area (Å²) in [5.74, 6) is 0.486. The zero-order valence-corrected chi connectivity index (χ0v) is 20.8. The molecule has 0 spiro atoms. The van der Waals surface area contributed by atoms with E-state index in [4.69, 9.17) is 29.8 Å². The van der Waals surface area contributed by atoms with Gasteiger partial charge >= 0.3 is 0 Å². The largest absolute Gasteiger partial charge is 0.494 e. The predicted molar refractivity (Wildman–Crippen MR) is 139 cm³/mol. The van der Waals surface area contributed by atoms with Crippen molar-refractivity contribution in [2.45, 2.75) is 30.9 Å². The van der Waals surface area contributed by atoms with Gasteiger partial charge in [-0.15, -0.1) is 6.58 Å². The van der Waals surface area contributed by atoms with Gasteiger partial charge in [0, 0.05) is 61.4 Å². The predicted octanol–water partition coefficient (Wildman–Crippen LogP) is 3.88. The standard InChI is InChI=1S/C26H32N6O5/c1-3-14-26(25(34)31-28-15-6-17-35-2)23(21-8-4-5-9-22(21)30-32-27)37-24(29-26)19-10-12-20(13-11-19)36-18-7-16-33/h3-5,8-13,23,28,33H,1,6-7,14-18H2,2H3,(H,31,34)/t23-,26-/m0/s1. The first-order valence-corrected chi connectivity index (χ1v) is 12.0. The third kappa shape index (κ3) is 6.87. The smallest absolute Gasteiger partial charge is 0.266 e. The van der Waals surface area contributed by atoms with E-state index in [-0.39, 0.29) is 18.9 Å². The summed E-state index contributed by atoms with van der Waals surface area (Å²) in [6.45, 7) is 5.34. The number of carbonyl (C=O) groups excluding carboxylic acids is 1. The average molecular weight is 509 g/mol. The number of hydrogen-bond donors (Lipinski definition) is 3. The van der Waals surface area contributed by atoms with Gasteiger partial charge < -0.3 is 19.3 Å². The Bertz CT molecular complexity index is 1130. The molecule has 37 heavy (non-hydrogen) atoms. The maximum atomic E-state index is 13.6. The highest BCUT2D eigenvalue weighted by atomic mass is 16.5. The Kier molecular flexibility index (Phi) is 10.5. The van der Waals surface area contributed by atoms with Crippen LogP contribution in [0, 0.1) is 0 Å². The molecule has 11 nitrogen and oxygen atoms in total. The highest BCUT2D eigenvalue weighted by molar-refractivity contribution is 6.01. The van der Waals surface area contributed by atoms with Crippen molar-refractivity contribution in [3.8, 4) is 5.75 Å². The van der Waals surface area contributed by atoms with Gasteiger partial charge in [0.2, 0.25) is 5.90 Å². The number of nitrogens with one attached hydrogen (secondary N) is 2. The van der Waals surface area contributed by atoms with Gasteiger partial charge in [0.1, 0.15) is 5.75 Å². The van der Waals surface area contributed by atoms with E-state index in [1.54, 1.807) is 61.7 Å². The van der Waals surface area contributed by atoms with E-state index in [0.717, 1.165) is 0 Å². The first-order valence-electron chi connectivity index (χ1n) is 12.0. The van der Waals surface area contributed by atoms with Crippen molar-refractivity contribution in [2.75, 3.05) is 33.5 Å². The molecule has 3 rings (SSSR count). The van der Waals surface area contributed by atoms with Gasteiger partial charge in [-0.1, -0.05) is 35.5 Å². The second-order valence-electron chi connectivity index (χ2n) is 8.26. The summed E-state index contributed by atoms with van der Waals surface area (Å²) in [4.78, 5) is 21.4. The van der Waals surface area contributed by atoms with E-state index in [2.05, 4.69) is 27.5 Å². The molecule has 11 heteroatoms. The lowest BCUT2D eigenvalue weighted by Gasteiger charge is -2.30. The number of rotatable bonds is 15. The molecular weight excluding hydrogens is 476 g/mol. The lowest BCUT2D eigenvalue weighted by atomic mass is 9.84. The van der Waals surface area contributed by atoms with Gasteiger partial charge in [-0.3, -0.25) is 10.2 Å². The molecule has 1 amide bonds. The second kappa shape index (κ2) is 14.0. The number of aliphatic imine (C=N–C) groups is 1. The lowest BCUT2D eigenvalue weighted by Crippen LogP contribution is -2.52. The molecule has 0 fully saturated rings. The Morgan fingerprint density at radius 2 is 2.05 bits per heavy atom. The molecule has 0 aliphatic carbocycles. The summed E-state index contributed by atoms with van der Waals surface area (Å²) in [5.41, 5.74) is 14.9. The van der Waals surface area contributed by atoms with Gasteiger partial charge in [-0.05, 0) is 36.2 Å². The van der Waals surface area contributed by atoms with E-state index < -0.39 is 17.6 Å². The number of benzene rings is 2. The summed E-state index contributed by atoms with van der Waals surface area (Å²) in [6.07, 6.45) is 2.12. The minimum atomic E-state index is -1.41. The molecule has 2 atom stereocenters. The van der Waals surface area contributed by atoms with Crippen LogP contribution >= 0.6 is 0 Å². The molecule has 2 aromatic carbocycles. The minimum absolute atomic E-state index is 0.0517. The molecule has 1 heterocycles. The van der Waals surface area contributed by atoms with Crippen molar-refractivity contribution in [2.24, 2.45) is 10.1 Å². The fourth-order valence-corrected chi connectivity index (χ4v) is 3.92. The molecule has 196 valence electrons. The third-order valence-corrected chi connectivity index (χ3v) is 5.71. The fraction of sp³-hybridized carbons (Fsp3) is 0.385. The van der Waals surface area contributed by atoms with Crippen LogP contribution in [-0.2, 0) is 14.3 Å². The molecule has 2 aromatic rings. The Morgan fingerprint density at radius 1 is 1.27 bits per heavy atom. The van der Waals surface area contributed by atoms with Crippen LogP contribution in [0.25, 0.3) is 10.4 Å². The van der Waals surface area contributed by atoms with Crippen molar-refractivity contribution < 1.29 is 24.1 Å². The number of amides is 1. The van der Waals surface area contributed by atoms with Crippen LogP contribution in [-0.4, -0.2) is 55.9 Å². The fourth-order valence-electron chi connectivity index (χ4n) is 3.92. The number of carbonyl (C=O) groups is 1. The highest BCUT2D eigenvalue weighted by Crippen LogP contribution is 2.45. The van der Waals surface area contributed by atoms with Crippen molar-refractivity contribution in [3.63, 3.8) is 0 Å². The summed E-state index contributed by atoms with van der Waals surface area (Å²) in [5, 5.41) is 12.8. The van der Waals surface area contributed by atoms with Gasteiger partial charge in [-0.2, -0.15) is 0 Å². The molecular formula is C26H32N6O5. The third-order valence-electron chi connectivity index (χ3n) is 5.71. The monoisotopic (exact) mass is 508 g/mol. The molecule has 0 bridgehead atoms. The van der Waals surface area contributed by atoms with Crippen LogP contribution in [0.2, 0.25) is 0 Å². The maximum absolute atomic E-state index is 13.6. The molecule has 1 aliphatic rings. The minimum Gasteiger partial charge on any atom is -0.494 e. The lowest BCUT2D eigenvalue weighted by molar-refractivity contribution is -0.129. The Morgan fingerprint density at radius 3 is 2.76 bits per heavy atom. The van der Waals surface area contributed by atoms with Crippen molar-refractivity contribution in [1.29, 1.82) is 0 Å². The number of aliphatic hydroxyl groups excluding tert-OH is 1. The zero-order valence-electron chi connectivity index (χ0n) is 20.8. The summed E-state index contributed by atoms with van der Waals surface area (Å²) >= 11 is 0. The molecule has 0 saturated carbocycles. The molecule has 1 aliphatic heterocycles. The normalized spacial score (nSPS) is 18.3. The summed E-state index contributed by atoms with van der Waals surface area (Å²) < 4.78 is 17.0. The highest BCUT2D eigenvalue weighted by Gasteiger charge is 2.53. The Labute approximate surface area is 215 Å². The van der Waals surface area contributed by atoms with Crippen LogP contribution in [0.15, 0.2) is 71.3 Å². The van der Waals surface area contributed by atoms with E-state index in [9.17, 15) is 4.79 Å². The van der Waals surface area contributed by atoms with Crippen molar-refractivity contribution in [1.82, 2.24) is 10.9 Å². The Hall–Kier alpha value is -3.89. The zero-order chi connectivity index (χ0) is 26.5. The number of aliphatic hydroxyl groups is 1. The van der Waals surface area contributed by atoms with Crippen LogP contribution in [0.5, 0.6) is 5.75 Å². The van der Waals surface area contributed by atoms with Crippen LogP contribution in [0.3, 0.4) is 0 Å². The summed E-state index contributed by atoms with van der Waals surface area (Å²) in [6, 6.07) is 14.1. The average Bonchev–Trinajstić information content (AvgIpc) is 3.30. The number of nitrogens with zero attached hydrogens (tertiary/aromatic N) is 4. The summed E-state index contributed by atoms with van der Waals surface area (Å²) in [7, 11) is 1.61. The van der Waals surface area contributed by atoms with Crippen LogP contribution in [0.4, 0.5) is 5.69 Å². The van der Waals surface area contributed by atoms with Gasteiger partial charge in [-0.25, -0.2) is 10.4 Å². The Balaban J connectivity index is 1.97. The molecule has 0 unspecified atom stereocenters. The van der Waals surface area contributed by atoms with Gasteiger partial charge in [0.15, 0.2) is 11.6 Å². The van der Waals surface area contributed by atoms with Gasteiger partial charge in [0.05, 0.1) is 6.61 Å². The number of ether oxygens (including phenoxy) is 3.